The largest absolute Gasteiger partial charge is 0.493 e. The number of nitriles is 1. The van der Waals surface area contributed by atoms with E-state index >= 15 is 0 Å². The molecule has 0 spiro atoms. The van der Waals surface area contributed by atoms with Crippen LogP contribution in [0, 0.1) is 11.3 Å². The number of methoxy groups -OCH3 is 2. The summed E-state index contributed by atoms with van der Waals surface area (Å²) in [5, 5.41) is 10.6. The summed E-state index contributed by atoms with van der Waals surface area (Å²) in [4.78, 5) is 4.52. The van der Waals surface area contributed by atoms with E-state index in [1.165, 1.54) is 18.4 Å². The van der Waals surface area contributed by atoms with Gasteiger partial charge >= 0.3 is 0 Å². The van der Waals surface area contributed by atoms with Gasteiger partial charge in [0.05, 0.1) is 35.0 Å². The maximum Gasteiger partial charge on any atom is 0.179 e. The van der Waals surface area contributed by atoms with Gasteiger partial charge in [-0.25, -0.2) is 4.98 Å². The Morgan fingerprint density at radius 2 is 2.04 bits per heavy atom. The monoisotopic (exact) mass is 356 g/mol. The number of rotatable bonds is 4. The molecule has 3 rings (SSSR count). The predicted octanol–water partition coefficient (Wildman–Crippen LogP) is 5.03. The lowest BCUT2D eigenvalue weighted by molar-refractivity contribution is 0.355. The number of aromatic nitrogens is 1. The molecule has 3 aromatic rings. The fourth-order valence-corrected chi connectivity index (χ4v) is 3.55. The van der Waals surface area contributed by atoms with Gasteiger partial charge in [0, 0.05) is 0 Å². The predicted molar refractivity (Wildman–Crippen MR) is 97.7 cm³/mol. The molecule has 2 aromatic carbocycles. The van der Waals surface area contributed by atoms with E-state index in [2.05, 4.69) is 11.1 Å². The molecule has 1 heterocycles. The van der Waals surface area contributed by atoms with Gasteiger partial charge in [-0.2, -0.15) is 5.26 Å². The van der Waals surface area contributed by atoms with Crippen molar-refractivity contribution in [2.75, 3.05) is 14.2 Å². The van der Waals surface area contributed by atoms with Gasteiger partial charge < -0.3 is 9.47 Å². The first-order valence-corrected chi connectivity index (χ1v) is 8.25. The number of benzene rings is 2. The van der Waals surface area contributed by atoms with Crippen molar-refractivity contribution in [1.82, 2.24) is 4.98 Å². The van der Waals surface area contributed by atoms with Crippen molar-refractivity contribution in [3.63, 3.8) is 0 Å². The highest BCUT2D eigenvalue weighted by Crippen LogP contribution is 2.37. The van der Waals surface area contributed by atoms with E-state index in [-0.39, 0.29) is 0 Å². The summed E-state index contributed by atoms with van der Waals surface area (Å²) in [6.45, 7) is 0. The van der Waals surface area contributed by atoms with E-state index in [0.717, 1.165) is 15.8 Å². The minimum Gasteiger partial charge on any atom is -0.493 e. The maximum absolute atomic E-state index is 9.52. The second-order valence-corrected chi connectivity index (χ2v) is 6.33. The van der Waals surface area contributed by atoms with Gasteiger partial charge in [-0.15, -0.1) is 11.3 Å². The van der Waals surface area contributed by atoms with Gasteiger partial charge in [-0.1, -0.05) is 23.7 Å². The second kappa shape index (κ2) is 6.91. The summed E-state index contributed by atoms with van der Waals surface area (Å²) in [5.41, 5.74) is 2.09. The smallest absolute Gasteiger partial charge is 0.179 e. The fourth-order valence-electron chi connectivity index (χ4n) is 2.32. The topological polar surface area (TPSA) is 55.1 Å². The third kappa shape index (κ3) is 3.07. The van der Waals surface area contributed by atoms with E-state index in [9.17, 15) is 5.26 Å². The zero-order valence-corrected chi connectivity index (χ0v) is 14.6. The molecule has 0 atom stereocenters. The summed E-state index contributed by atoms with van der Waals surface area (Å²) in [6, 6.07) is 13.5. The van der Waals surface area contributed by atoms with Gasteiger partial charge in [0.1, 0.15) is 11.1 Å². The Bertz CT molecular complexity index is 940. The third-order valence-electron chi connectivity index (χ3n) is 3.41. The Kier molecular flexibility index (Phi) is 4.70. The normalized spacial score (nSPS) is 11.3. The molecule has 0 aliphatic heterocycles. The molecule has 0 fully saturated rings. The van der Waals surface area contributed by atoms with Gasteiger partial charge in [0.15, 0.2) is 11.5 Å². The van der Waals surface area contributed by atoms with E-state index in [0.29, 0.717) is 27.1 Å². The molecule has 24 heavy (non-hydrogen) atoms. The van der Waals surface area contributed by atoms with Crippen LogP contribution in [0.5, 0.6) is 11.5 Å². The highest BCUT2D eigenvalue weighted by Gasteiger charge is 2.12. The van der Waals surface area contributed by atoms with Crippen LogP contribution in [0.4, 0.5) is 0 Å². The molecule has 0 aliphatic rings. The van der Waals surface area contributed by atoms with Crippen LogP contribution in [0.15, 0.2) is 36.4 Å². The second-order valence-electron chi connectivity index (χ2n) is 4.89. The molecule has 4 nitrogen and oxygen atoms in total. The van der Waals surface area contributed by atoms with Crippen LogP contribution >= 0.6 is 22.9 Å². The van der Waals surface area contributed by atoms with E-state index in [4.69, 9.17) is 21.1 Å². The number of ether oxygens (including phenoxy) is 2. The maximum atomic E-state index is 9.52. The first kappa shape index (κ1) is 16.3. The minimum absolute atomic E-state index is 0.421. The van der Waals surface area contributed by atoms with Crippen LogP contribution in [0.3, 0.4) is 0 Å². The Morgan fingerprint density at radius 3 is 2.71 bits per heavy atom. The molecule has 0 aliphatic carbocycles. The number of fused-ring (bicyclic) bond motifs is 1. The molecule has 1 aromatic heterocycles. The molecule has 0 unspecified atom stereocenters. The standard InChI is InChI=1S/C18H13ClN2O2S/c1-22-15-9-11(8-13(19)17(15)23-2)7-12(10-20)18-21-14-5-3-4-6-16(14)24-18/h3-9H,1-2H3/b12-7+. The van der Waals surface area contributed by atoms with Crippen LogP contribution in [0.2, 0.25) is 5.02 Å². The number of nitrogens with zero attached hydrogens (tertiary/aromatic N) is 2. The third-order valence-corrected chi connectivity index (χ3v) is 4.76. The molecular weight excluding hydrogens is 344 g/mol. The molecule has 6 heteroatoms. The van der Waals surface area contributed by atoms with E-state index < -0.39 is 0 Å². The molecule has 0 amide bonds. The van der Waals surface area contributed by atoms with Gasteiger partial charge in [0.25, 0.3) is 0 Å². The number of hydrogen-bond donors (Lipinski definition) is 0. The van der Waals surface area contributed by atoms with Crippen molar-refractivity contribution in [3.05, 3.63) is 52.0 Å². The highest BCUT2D eigenvalue weighted by atomic mass is 35.5. The molecule has 0 bridgehead atoms. The summed E-state index contributed by atoms with van der Waals surface area (Å²) < 4.78 is 11.6. The van der Waals surface area contributed by atoms with Crippen molar-refractivity contribution < 1.29 is 9.47 Å². The van der Waals surface area contributed by atoms with E-state index in [1.807, 2.05) is 24.3 Å². The Hall–Kier alpha value is -2.55. The lowest BCUT2D eigenvalue weighted by Gasteiger charge is -2.10. The van der Waals surface area contributed by atoms with Crippen LogP contribution in [0.25, 0.3) is 21.9 Å². The average Bonchev–Trinajstić information content (AvgIpc) is 3.02. The zero-order valence-electron chi connectivity index (χ0n) is 13.0. The SMILES string of the molecule is COc1cc(/C=C(\C#N)c2nc3ccccc3s2)cc(Cl)c1OC. The lowest BCUT2D eigenvalue weighted by Crippen LogP contribution is -1.92. The van der Waals surface area contributed by atoms with Crippen molar-refractivity contribution in [2.24, 2.45) is 0 Å². The summed E-state index contributed by atoms with van der Waals surface area (Å²) >= 11 is 7.70. The van der Waals surface area contributed by atoms with Crippen molar-refractivity contribution in [2.45, 2.75) is 0 Å². The van der Waals surface area contributed by atoms with Crippen LogP contribution in [-0.2, 0) is 0 Å². The first-order chi connectivity index (χ1) is 11.7. The number of allylic oxidation sites excluding steroid dienone is 1. The van der Waals surface area contributed by atoms with Gasteiger partial charge in [-0.3, -0.25) is 0 Å². The highest BCUT2D eigenvalue weighted by molar-refractivity contribution is 7.19. The lowest BCUT2D eigenvalue weighted by atomic mass is 10.1. The van der Waals surface area contributed by atoms with Gasteiger partial charge in [0.2, 0.25) is 0 Å². The summed E-state index contributed by atoms with van der Waals surface area (Å²) in [7, 11) is 3.07. The number of para-hydroxylation sites is 1. The molecule has 0 N–H and O–H groups in total. The van der Waals surface area contributed by atoms with Gasteiger partial charge in [-0.05, 0) is 35.9 Å². The quantitative estimate of drug-likeness (QED) is 0.615. The average molecular weight is 357 g/mol. The molecule has 120 valence electrons. The van der Waals surface area contributed by atoms with Crippen LogP contribution < -0.4 is 9.47 Å². The van der Waals surface area contributed by atoms with Crippen LogP contribution in [-0.4, -0.2) is 19.2 Å². The number of hydrogen-bond acceptors (Lipinski definition) is 5. The number of thiazole rings is 1. The molecule has 0 saturated carbocycles. The van der Waals surface area contributed by atoms with E-state index in [1.54, 1.807) is 25.3 Å². The Balaban J connectivity index is 2.08. The van der Waals surface area contributed by atoms with Crippen molar-refractivity contribution >= 4 is 44.8 Å². The fraction of sp³-hybridized carbons (Fsp3) is 0.111. The Morgan fingerprint density at radius 1 is 1.25 bits per heavy atom. The van der Waals surface area contributed by atoms with Crippen molar-refractivity contribution in [3.8, 4) is 17.6 Å². The number of halogens is 1. The Labute approximate surface area is 148 Å². The van der Waals surface area contributed by atoms with Crippen molar-refractivity contribution in [1.29, 1.82) is 5.26 Å². The minimum atomic E-state index is 0.421. The molecule has 0 radical (unpaired) electrons. The van der Waals surface area contributed by atoms with Crippen LogP contribution in [0.1, 0.15) is 10.6 Å². The first-order valence-electron chi connectivity index (χ1n) is 7.05. The summed E-state index contributed by atoms with van der Waals surface area (Å²) in [5.74, 6) is 0.979. The summed E-state index contributed by atoms with van der Waals surface area (Å²) in [6.07, 6.45) is 1.74. The molecular formula is C18H13ClN2O2S. The molecule has 0 saturated heterocycles. The zero-order chi connectivity index (χ0) is 17.1.